The lowest BCUT2D eigenvalue weighted by molar-refractivity contribution is 0.156. The van der Waals surface area contributed by atoms with E-state index >= 15 is 0 Å². The van der Waals surface area contributed by atoms with Gasteiger partial charge in [-0.15, -0.1) is 11.8 Å². The minimum atomic E-state index is -0.163. The molecular weight excluding hydrogens is 247 g/mol. The van der Waals surface area contributed by atoms with E-state index in [-0.39, 0.29) is 5.82 Å². The maximum Gasteiger partial charge on any atom is 0.123 e. The van der Waals surface area contributed by atoms with Crippen LogP contribution in [0.4, 0.5) is 4.39 Å². The molecule has 100 valence electrons. The Morgan fingerprint density at radius 1 is 1.33 bits per heavy atom. The van der Waals surface area contributed by atoms with Crippen LogP contribution < -0.4 is 5.32 Å². The van der Waals surface area contributed by atoms with Crippen LogP contribution in [0.3, 0.4) is 0 Å². The van der Waals surface area contributed by atoms with Gasteiger partial charge in [0.15, 0.2) is 0 Å². The quantitative estimate of drug-likeness (QED) is 0.845. The molecule has 2 atom stereocenters. The van der Waals surface area contributed by atoms with Crippen LogP contribution in [0.2, 0.25) is 0 Å². The Bertz CT molecular complexity index is 369. The first kappa shape index (κ1) is 13.8. The highest BCUT2D eigenvalue weighted by Crippen LogP contribution is 2.19. The highest BCUT2D eigenvalue weighted by molar-refractivity contribution is 7.99. The molecule has 1 aromatic rings. The SMILES string of the molecule is CC1CN(CCSc2ccc(F)cc2)C(C)CN1. The van der Waals surface area contributed by atoms with Gasteiger partial charge in [0, 0.05) is 42.4 Å². The van der Waals surface area contributed by atoms with E-state index in [1.807, 2.05) is 12.1 Å². The molecular formula is C14H21FN2S. The fraction of sp³-hybridized carbons (Fsp3) is 0.571. The molecule has 4 heteroatoms. The third-order valence-electron chi connectivity index (χ3n) is 3.35. The molecule has 1 heterocycles. The third-order valence-corrected chi connectivity index (χ3v) is 4.35. The van der Waals surface area contributed by atoms with Crippen molar-refractivity contribution in [2.24, 2.45) is 0 Å². The molecule has 0 aliphatic carbocycles. The average molecular weight is 268 g/mol. The molecule has 0 amide bonds. The normalized spacial score (nSPS) is 25.3. The first-order chi connectivity index (χ1) is 8.65. The maximum atomic E-state index is 12.8. The van der Waals surface area contributed by atoms with Crippen molar-refractivity contribution >= 4 is 11.8 Å². The molecule has 2 rings (SSSR count). The van der Waals surface area contributed by atoms with E-state index in [4.69, 9.17) is 0 Å². The van der Waals surface area contributed by atoms with Crippen LogP contribution in [0.5, 0.6) is 0 Å². The van der Waals surface area contributed by atoms with Crippen molar-refractivity contribution in [3.8, 4) is 0 Å². The molecule has 1 aliphatic heterocycles. The van der Waals surface area contributed by atoms with Gasteiger partial charge in [-0.2, -0.15) is 0 Å². The molecule has 0 saturated carbocycles. The summed E-state index contributed by atoms with van der Waals surface area (Å²) < 4.78 is 12.8. The third kappa shape index (κ3) is 3.97. The maximum absolute atomic E-state index is 12.8. The van der Waals surface area contributed by atoms with E-state index in [0.717, 1.165) is 30.3 Å². The molecule has 0 aromatic heterocycles. The molecule has 1 aromatic carbocycles. The summed E-state index contributed by atoms with van der Waals surface area (Å²) in [5.41, 5.74) is 0. The van der Waals surface area contributed by atoms with Crippen molar-refractivity contribution in [3.63, 3.8) is 0 Å². The largest absolute Gasteiger partial charge is 0.311 e. The molecule has 1 saturated heterocycles. The Morgan fingerprint density at radius 3 is 2.78 bits per heavy atom. The van der Waals surface area contributed by atoms with Crippen LogP contribution in [0, 0.1) is 5.82 Å². The molecule has 2 nitrogen and oxygen atoms in total. The monoisotopic (exact) mass is 268 g/mol. The summed E-state index contributed by atoms with van der Waals surface area (Å²) in [6.07, 6.45) is 0. The van der Waals surface area contributed by atoms with Crippen LogP contribution >= 0.6 is 11.8 Å². The lowest BCUT2D eigenvalue weighted by Gasteiger charge is -2.37. The van der Waals surface area contributed by atoms with Crippen LogP contribution in [-0.4, -0.2) is 42.4 Å². The van der Waals surface area contributed by atoms with Gasteiger partial charge < -0.3 is 5.32 Å². The Balaban J connectivity index is 1.76. The number of rotatable bonds is 4. The van der Waals surface area contributed by atoms with E-state index in [9.17, 15) is 4.39 Å². The zero-order valence-electron chi connectivity index (χ0n) is 11.0. The molecule has 1 aliphatic rings. The molecule has 18 heavy (non-hydrogen) atoms. The molecule has 0 bridgehead atoms. The number of benzene rings is 1. The Labute approximate surface area is 113 Å². The lowest BCUT2D eigenvalue weighted by Crippen LogP contribution is -2.54. The fourth-order valence-corrected chi connectivity index (χ4v) is 3.11. The van der Waals surface area contributed by atoms with E-state index in [2.05, 4.69) is 24.1 Å². The second-order valence-corrected chi connectivity index (χ2v) is 6.12. The Hall–Kier alpha value is -0.580. The highest BCUT2D eigenvalue weighted by Gasteiger charge is 2.21. The van der Waals surface area contributed by atoms with Gasteiger partial charge in [0.2, 0.25) is 0 Å². The number of thioether (sulfide) groups is 1. The molecule has 1 fully saturated rings. The zero-order valence-corrected chi connectivity index (χ0v) is 11.8. The van der Waals surface area contributed by atoms with Gasteiger partial charge in [-0.1, -0.05) is 0 Å². The smallest absolute Gasteiger partial charge is 0.123 e. The van der Waals surface area contributed by atoms with Gasteiger partial charge in [-0.05, 0) is 38.1 Å². The van der Waals surface area contributed by atoms with Crippen LogP contribution in [0.15, 0.2) is 29.2 Å². The highest BCUT2D eigenvalue weighted by atomic mass is 32.2. The first-order valence-electron chi connectivity index (χ1n) is 6.51. The molecule has 1 N–H and O–H groups in total. The van der Waals surface area contributed by atoms with Crippen molar-refractivity contribution in [2.45, 2.75) is 30.8 Å². The summed E-state index contributed by atoms with van der Waals surface area (Å²) in [7, 11) is 0. The topological polar surface area (TPSA) is 15.3 Å². The minimum Gasteiger partial charge on any atom is -0.311 e. The number of halogens is 1. The van der Waals surface area contributed by atoms with Crippen molar-refractivity contribution in [3.05, 3.63) is 30.1 Å². The van der Waals surface area contributed by atoms with Gasteiger partial charge in [0.1, 0.15) is 5.82 Å². The standard InChI is InChI=1S/C14H21FN2S/c1-11-10-17(12(2)9-16-11)7-8-18-14-5-3-13(15)4-6-14/h3-6,11-12,16H,7-10H2,1-2H3. The predicted molar refractivity (Wildman–Crippen MR) is 75.6 cm³/mol. The summed E-state index contributed by atoms with van der Waals surface area (Å²) >= 11 is 1.80. The number of nitrogens with one attached hydrogen (secondary N) is 1. The lowest BCUT2D eigenvalue weighted by atomic mass is 10.1. The van der Waals surface area contributed by atoms with Gasteiger partial charge in [-0.25, -0.2) is 4.39 Å². The summed E-state index contributed by atoms with van der Waals surface area (Å²) in [6, 6.07) is 7.94. The molecule has 2 unspecified atom stereocenters. The molecule has 0 spiro atoms. The fourth-order valence-electron chi connectivity index (χ4n) is 2.22. The second-order valence-electron chi connectivity index (χ2n) is 4.96. The van der Waals surface area contributed by atoms with E-state index in [0.29, 0.717) is 12.1 Å². The minimum absolute atomic E-state index is 0.163. The zero-order chi connectivity index (χ0) is 13.0. The van der Waals surface area contributed by atoms with E-state index in [1.165, 1.54) is 12.1 Å². The van der Waals surface area contributed by atoms with Gasteiger partial charge >= 0.3 is 0 Å². The Morgan fingerprint density at radius 2 is 2.06 bits per heavy atom. The van der Waals surface area contributed by atoms with Gasteiger partial charge in [-0.3, -0.25) is 4.90 Å². The van der Waals surface area contributed by atoms with Crippen molar-refractivity contribution in [1.82, 2.24) is 10.2 Å². The molecule has 0 radical (unpaired) electrons. The number of hydrogen-bond donors (Lipinski definition) is 1. The van der Waals surface area contributed by atoms with Crippen LogP contribution in [0.25, 0.3) is 0 Å². The number of hydrogen-bond acceptors (Lipinski definition) is 3. The predicted octanol–water partition coefficient (Wildman–Crippen LogP) is 2.60. The summed E-state index contributed by atoms with van der Waals surface area (Å²) in [6.45, 7) is 7.77. The second kappa shape index (κ2) is 6.55. The van der Waals surface area contributed by atoms with Crippen LogP contribution in [-0.2, 0) is 0 Å². The number of piperazine rings is 1. The van der Waals surface area contributed by atoms with Gasteiger partial charge in [0.25, 0.3) is 0 Å². The van der Waals surface area contributed by atoms with Gasteiger partial charge in [0.05, 0.1) is 0 Å². The van der Waals surface area contributed by atoms with Crippen molar-refractivity contribution in [2.75, 3.05) is 25.4 Å². The summed E-state index contributed by atoms with van der Waals surface area (Å²) in [4.78, 5) is 3.67. The van der Waals surface area contributed by atoms with Crippen molar-refractivity contribution < 1.29 is 4.39 Å². The van der Waals surface area contributed by atoms with E-state index in [1.54, 1.807) is 11.8 Å². The first-order valence-corrected chi connectivity index (χ1v) is 7.49. The van der Waals surface area contributed by atoms with Crippen LogP contribution in [0.1, 0.15) is 13.8 Å². The van der Waals surface area contributed by atoms with Crippen molar-refractivity contribution in [1.29, 1.82) is 0 Å². The van der Waals surface area contributed by atoms with E-state index < -0.39 is 0 Å². The average Bonchev–Trinajstić information content (AvgIpc) is 2.36. The number of nitrogens with zero attached hydrogens (tertiary/aromatic N) is 1. The summed E-state index contributed by atoms with van der Waals surface area (Å²) in [5.74, 6) is 0.895. The Kier molecular flexibility index (Phi) is 5.03. The summed E-state index contributed by atoms with van der Waals surface area (Å²) in [5, 5.41) is 3.49.